The molecule has 0 saturated carbocycles. The van der Waals surface area contributed by atoms with E-state index in [4.69, 9.17) is 14.7 Å². The van der Waals surface area contributed by atoms with E-state index in [2.05, 4.69) is 14.8 Å². The Bertz CT molecular complexity index is 1400. The van der Waals surface area contributed by atoms with E-state index in [1.54, 1.807) is 6.07 Å². The van der Waals surface area contributed by atoms with E-state index in [0.717, 1.165) is 52.2 Å². The van der Waals surface area contributed by atoms with Gasteiger partial charge in [-0.2, -0.15) is 0 Å². The Kier molecular flexibility index (Phi) is 4.95. The summed E-state index contributed by atoms with van der Waals surface area (Å²) in [5.74, 6) is 0.639. The van der Waals surface area contributed by atoms with E-state index in [1.807, 2.05) is 55.7 Å². The number of morpholine rings is 1. The lowest BCUT2D eigenvalue weighted by atomic mass is 10.0. The molecule has 1 saturated heterocycles. The first-order chi connectivity index (χ1) is 16.6. The number of aromatic nitrogens is 3. The fraction of sp³-hybridized carbons (Fsp3) is 0.269. The van der Waals surface area contributed by atoms with Gasteiger partial charge in [0.05, 0.1) is 36.7 Å². The van der Waals surface area contributed by atoms with Crippen LogP contribution in [0.3, 0.4) is 0 Å². The number of aromatic carboxylic acids is 1. The molecule has 1 atom stereocenters. The van der Waals surface area contributed by atoms with Crippen LogP contribution in [0, 0.1) is 6.92 Å². The minimum atomic E-state index is -0.916. The van der Waals surface area contributed by atoms with Gasteiger partial charge in [0.2, 0.25) is 0 Å². The number of benzene rings is 2. The maximum Gasteiger partial charge on any atom is 0.336 e. The van der Waals surface area contributed by atoms with Crippen molar-refractivity contribution in [2.75, 3.05) is 36.1 Å². The lowest BCUT2D eigenvalue weighted by molar-refractivity contribution is 0.0695. The predicted molar refractivity (Wildman–Crippen MR) is 130 cm³/mol. The molecule has 4 heterocycles. The van der Waals surface area contributed by atoms with Gasteiger partial charge >= 0.3 is 5.97 Å². The zero-order valence-electron chi connectivity index (χ0n) is 18.9. The average molecular weight is 456 g/mol. The molecule has 0 amide bonds. The highest BCUT2D eigenvalue weighted by atomic mass is 16.5. The number of carboxylic acid groups (broad SMARTS) is 1. The smallest absolute Gasteiger partial charge is 0.336 e. The SMILES string of the molecule is Cc1ccc(C(=O)O)c(CN2CC3COCCN3c3nc(-c4cccc5[nH]ccc45)ncc32)c1. The molecular formula is C26H25N5O3. The summed E-state index contributed by atoms with van der Waals surface area (Å²) in [5, 5.41) is 10.8. The minimum Gasteiger partial charge on any atom is -0.478 e. The molecular weight excluding hydrogens is 430 g/mol. The number of anilines is 2. The average Bonchev–Trinajstić information content (AvgIpc) is 3.33. The van der Waals surface area contributed by atoms with Crippen molar-refractivity contribution in [1.82, 2.24) is 15.0 Å². The van der Waals surface area contributed by atoms with Gasteiger partial charge in [0.25, 0.3) is 0 Å². The van der Waals surface area contributed by atoms with Gasteiger partial charge in [-0.05, 0) is 30.7 Å². The van der Waals surface area contributed by atoms with Gasteiger partial charge in [0.15, 0.2) is 11.6 Å². The van der Waals surface area contributed by atoms with Crippen LogP contribution >= 0.6 is 0 Å². The molecule has 34 heavy (non-hydrogen) atoms. The molecule has 2 N–H and O–H groups in total. The van der Waals surface area contributed by atoms with Crippen molar-refractivity contribution in [2.24, 2.45) is 0 Å². The van der Waals surface area contributed by atoms with Crippen LogP contribution in [0.25, 0.3) is 22.3 Å². The molecule has 2 aromatic heterocycles. The highest BCUT2D eigenvalue weighted by molar-refractivity contribution is 5.94. The van der Waals surface area contributed by atoms with Crippen molar-refractivity contribution < 1.29 is 14.6 Å². The highest BCUT2D eigenvalue weighted by Gasteiger charge is 2.35. The minimum absolute atomic E-state index is 0.144. The maximum atomic E-state index is 11.9. The number of aryl methyl sites for hydroxylation is 1. The number of rotatable bonds is 4. The number of hydrogen-bond acceptors (Lipinski definition) is 6. The van der Waals surface area contributed by atoms with E-state index in [1.165, 1.54) is 0 Å². The fourth-order valence-corrected chi connectivity index (χ4v) is 5.07. The third-order valence-corrected chi connectivity index (χ3v) is 6.71. The van der Waals surface area contributed by atoms with Gasteiger partial charge < -0.3 is 24.6 Å². The van der Waals surface area contributed by atoms with Crippen LogP contribution in [0.1, 0.15) is 21.5 Å². The number of ether oxygens (including phenoxy) is 1. The molecule has 8 heteroatoms. The van der Waals surface area contributed by atoms with Crippen molar-refractivity contribution >= 4 is 28.4 Å². The molecule has 2 aromatic carbocycles. The Balaban J connectivity index is 1.44. The summed E-state index contributed by atoms with van der Waals surface area (Å²) >= 11 is 0. The summed E-state index contributed by atoms with van der Waals surface area (Å²) in [6, 6.07) is 13.8. The number of hydrogen-bond donors (Lipinski definition) is 2. The number of H-pyrrole nitrogens is 1. The van der Waals surface area contributed by atoms with Crippen LogP contribution < -0.4 is 9.80 Å². The summed E-state index contributed by atoms with van der Waals surface area (Å²) in [7, 11) is 0. The molecule has 6 rings (SSSR count). The molecule has 0 spiro atoms. The van der Waals surface area contributed by atoms with Crippen molar-refractivity contribution in [3.8, 4) is 11.4 Å². The second-order valence-electron chi connectivity index (χ2n) is 8.92. The van der Waals surface area contributed by atoms with Gasteiger partial charge in [-0.15, -0.1) is 0 Å². The third-order valence-electron chi connectivity index (χ3n) is 6.71. The topological polar surface area (TPSA) is 94.6 Å². The molecule has 0 bridgehead atoms. The summed E-state index contributed by atoms with van der Waals surface area (Å²) in [6.45, 7) is 5.20. The molecule has 1 fully saturated rings. The van der Waals surface area contributed by atoms with E-state index >= 15 is 0 Å². The number of carboxylic acids is 1. The van der Waals surface area contributed by atoms with Crippen LogP contribution in [-0.4, -0.2) is 58.4 Å². The first-order valence-electron chi connectivity index (χ1n) is 11.4. The number of fused-ring (bicyclic) bond motifs is 4. The van der Waals surface area contributed by atoms with Crippen molar-refractivity contribution in [2.45, 2.75) is 19.5 Å². The van der Waals surface area contributed by atoms with Crippen molar-refractivity contribution in [1.29, 1.82) is 0 Å². The molecule has 2 aliphatic heterocycles. The standard InChI is InChI=1S/C26H25N5O3/c1-16-5-6-19(26(32)33)17(11-16)13-30-14-18-15-34-10-9-31(18)25-23(30)12-28-24(29-25)21-3-2-4-22-20(21)7-8-27-22/h2-8,11-12,18,27H,9-10,13-15H2,1H3,(H,32,33). The predicted octanol–water partition coefficient (Wildman–Crippen LogP) is 3.86. The second kappa shape index (κ2) is 8.14. The molecule has 8 nitrogen and oxygen atoms in total. The van der Waals surface area contributed by atoms with E-state index in [0.29, 0.717) is 31.1 Å². The van der Waals surface area contributed by atoms with Gasteiger partial charge in [0.1, 0.15) is 0 Å². The molecule has 2 aliphatic rings. The largest absolute Gasteiger partial charge is 0.478 e. The third kappa shape index (κ3) is 3.47. The van der Waals surface area contributed by atoms with Crippen molar-refractivity contribution in [3.05, 3.63) is 71.5 Å². The normalized spacial score (nSPS) is 17.5. The molecule has 172 valence electrons. The van der Waals surface area contributed by atoms with E-state index in [-0.39, 0.29) is 6.04 Å². The van der Waals surface area contributed by atoms with Crippen LogP contribution in [0.2, 0.25) is 0 Å². The Morgan fingerprint density at radius 3 is 3.06 bits per heavy atom. The zero-order valence-corrected chi connectivity index (χ0v) is 18.9. The van der Waals surface area contributed by atoms with Crippen molar-refractivity contribution in [3.63, 3.8) is 0 Å². The fourth-order valence-electron chi connectivity index (χ4n) is 5.07. The van der Waals surface area contributed by atoms with Crippen LogP contribution in [0.15, 0.2) is 54.9 Å². The monoisotopic (exact) mass is 455 g/mol. The zero-order chi connectivity index (χ0) is 23.2. The number of nitrogens with zero attached hydrogens (tertiary/aromatic N) is 4. The number of carbonyl (C=O) groups is 1. The molecule has 4 aromatic rings. The molecule has 0 aliphatic carbocycles. The lowest BCUT2D eigenvalue weighted by Gasteiger charge is -2.45. The second-order valence-corrected chi connectivity index (χ2v) is 8.92. The summed E-state index contributed by atoms with van der Waals surface area (Å²) in [5.41, 5.74) is 5.09. The Labute approximate surface area is 196 Å². The van der Waals surface area contributed by atoms with E-state index in [9.17, 15) is 9.90 Å². The lowest BCUT2D eigenvalue weighted by Crippen LogP contribution is -2.55. The summed E-state index contributed by atoms with van der Waals surface area (Å²) in [4.78, 5) is 29.4. The van der Waals surface area contributed by atoms with Crippen LogP contribution in [0.4, 0.5) is 11.5 Å². The Morgan fingerprint density at radius 2 is 2.18 bits per heavy atom. The quantitative estimate of drug-likeness (QED) is 0.483. The Morgan fingerprint density at radius 1 is 1.26 bits per heavy atom. The van der Waals surface area contributed by atoms with Crippen LogP contribution in [0.5, 0.6) is 0 Å². The van der Waals surface area contributed by atoms with E-state index < -0.39 is 5.97 Å². The molecule has 1 unspecified atom stereocenters. The number of nitrogens with one attached hydrogen (secondary N) is 1. The van der Waals surface area contributed by atoms with Gasteiger partial charge in [-0.3, -0.25) is 0 Å². The van der Waals surface area contributed by atoms with Gasteiger partial charge in [0, 0.05) is 42.3 Å². The summed E-state index contributed by atoms with van der Waals surface area (Å²) in [6.07, 6.45) is 3.80. The first-order valence-corrected chi connectivity index (χ1v) is 11.4. The van der Waals surface area contributed by atoms with Gasteiger partial charge in [-0.1, -0.05) is 29.8 Å². The maximum absolute atomic E-state index is 11.9. The van der Waals surface area contributed by atoms with Gasteiger partial charge in [-0.25, -0.2) is 14.8 Å². The summed E-state index contributed by atoms with van der Waals surface area (Å²) < 4.78 is 5.79. The Hall–Kier alpha value is -3.91. The number of aromatic amines is 1. The highest BCUT2D eigenvalue weighted by Crippen LogP contribution is 2.38. The van der Waals surface area contributed by atoms with Crippen LogP contribution in [-0.2, 0) is 11.3 Å². The first kappa shape index (κ1) is 20.7. The molecule has 0 radical (unpaired) electrons.